The van der Waals surface area contributed by atoms with Crippen LogP contribution in [-0.2, 0) is 20.1 Å². The lowest BCUT2D eigenvalue weighted by atomic mass is 10.2. The van der Waals surface area contributed by atoms with Crippen molar-refractivity contribution in [3.05, 3.63) is 46.1 Å². The van der Waals surface area contributed by atoms with Gasteiger partial charge >= 0.3 is 0 Å². The second-order valence-electron chi connectivity index (χ2n) is 5.88. The smallest absolute Gasteiger partial charge is 0.262 e. The summed E-state index contributed by atoms with van der Waals surface area (Å²) >= 11 is 0. The van der Waals surface area contributed by atoms with E-state index in [0.717, 1.165) is 5.56 Å². The van der Waals surface area contributed by atoms with Crippen LogP contribution < -0.4 is 15.0 Å². The highest BCUT2D eigenvalue weighted by Gasteiger charge is 2.11. The van der Waals surface area contributed by atoms with Crippen molar-refractivity contribution in [2.45, 2.75) is 13.1 Å². The molecule has 0 saturated carbocycles. The van der Waals surface area contributed by atoms with Crippen LogP contribution in [0.2, 0.25) is 0 Å². The molecule has 0 spiro atoms. The van der Waals surface area contributed by atoms with Crippen molar-refractivity contribution in [3.8, 4) is 11.5 Å². The molecule has 0 atom stereocenters. The van der Waals surface area contributed by atoms with E-state index < -0.39 is 0 Å². The van der Waals surface area contributed by atoms with E-state index in [1.54, 1.807) is 25.9 Å². The van der Waals surface area contributed by atoms with Gasteiger partial charge in [0, 0.05) is 13.6 Å². The summed E-state index contributed by atoms with van der Waals surface area (Å²) in [6.45, 7) is 1.18. The van der Waals surface area contributed by atoms with E-state index >= 15 is 0 Å². The number of aromatic amines is 1. The van der Waals surface area contributed by atoms with Gasteiger partial charge in [0.15, 0.2) is 17.1 Å². The average Bonchev–Trinajstić information content (AvgIpc) is 2.96. The van der Waals surface area contributed by atoms with E-state index in [1.165, 1.54) is 6.20 Å². The number of rotatable bonds is 6. The lowest BCUT2D eigenvalue weighted by Gasteiger charge is -2.17. The Morgan fingerprint density at radius 3 is 2.68 bits per heavy atom. The molecule has 0 saturated heterocycles. The third kappa shape index (κ3) is 3.48. The van der Waals surface area contributed by atoms with E-state index in [1.807, 2.05) is 25.2 Å². The van der Waals surface area contributed by atoms with Gasteiger partial charge in [-0.2, -0.15) is 5.10 Å². The molecule has 0 aliphatic heterocycles. The van der Waals surface area contributed by atoms with E-state index in [2.05, 4.69) is 20.0 Å². The van der Waals surface area contributed by atoms with Gasteiger partial charge in [-0.15, -0.1) is 0 Å². The van der Waals surface area contributed by atoms with Crippen LogP contribution in [0, 0.1) is 0 Å². The molecule has 1 aromatic carbocycles. The van der Waals surface area contributed by atoms with Crippen LogP contribution in [0.5, 0.6) is 11.5 Å². The van der Waals surface area contributed by atoms with E-state index in [-0.39, 0.29) is 5.56 Å². The summed E-state index contributed by atoms with van der Waals surface area (Å²) in [6.07, 6.45) is 1.53. The standard InChI is InChI=1S/C17H21N5O3/c1-21(9-11-5-6-13(24-3)14(7-11)25-4)10-15-19-16-12(17(23)20-15)8-18-22(16)2/h5-8H,9-10H2,1-4H3,(H,19,20,23). The van der Waals surface area contributed by atoms with Gasteiger partial charge in [0.25, 0.3) is 5.56 Å². The SMILES string of the molecule is COc1ccc(CN(C)Cc2nc3c(cnn3C)c(=O)[nH]2)cc1OC. The lowest BCUT2D eigenvalue weighted by Crippen LogP contribution is -2.22. The molecule has 8 nitrogen and oxygen atoms in total. The van der Waals surface area contributed by atoms with Crippen molar-refractivity contribution in [2.75, 3.05) is 21.3 Å². The van der Waals surface area contributed by atoms with Crippen LogP contribution in [0.4, 0.5) is 0 Å². The first-order valence-electron chi connectivity index (χ1n) is 7.82. The zero-order chi connectivity index (χ0) is 18.0. The molecule has 0 aliphatic carbocycles. The molecular weight excluding hydrogens is 322 g/mol. The summed E-state index contributed by atoms with van der Waals surface area (Å²) in [5.41, 5.74) is 1.48. The zero-order valence-electron chi connectivity index (χ0n) is 14.7. The summed E-state index contributed by atoms with van der Waals surface area (Å²) in [5, 5.41) is 4.57. The highest BCUT2D eigenvalue weighted by atomic mass is 16.5. The first-order chi connectivity index (χ1) is 12.0. The summed E-state index contributed by atoms with van der Waals surface area (Å²) in [4.78, 5) is 21.5. The topological polar surface area (TPSA) is 85.3 Å². The molecule has 2 heterocycles. The quantitative estimate of drug-likeness (QED) is 0.726. The maximum atomic E-state index is 12.1. The lowest BCUT2D eigenvalue weighted by molar-refractivity contribution is 0.308. The van der Waals surface area contributed by atoms with E-state index in [4.69, 9.17) is 9.47 Å². The molecule has 1 N–H and O–H groups in total. The number of nitrogens with one attached hydrogen (secondary N) is 1. The average molecular weight is 343 g/mol. The number of aromatic nitrogens is 4. The maximum absolute atomic E-state index is 12.1. The number of H-pyrrole nitrogens is 1. The van der Waals surface area contributed by atoms with Crippen molar-refractivity contribution >= 4 is 11.0 Å². The Hall–Kier alpha value is -2.87. The molecule has 25 heavy (non-hydrogen) atoms. The van der Waals surface area contributed by atoms with E-state index in [0.29, 0.717) is 41.4 Å². The summed E-state index contributed by atoms with van der Waals surface area (Å²) in [6, 6.07) is 5.80. The number of aryl methyl sites for hydroxylation is 1. The third-order valence-corrected chi connectivity index (χ3v) is 3.97. The van der Waals surface area contributed by atoms with Crippen LogP contribution in [0.15, 0.2) is 29.2 Å². The van der Waals surface area contributed by atoms with Gasteiger partial charge in [0.05, 0.1) is 27.0 Å². The molecule has 0 amide bonds. The molecule has 132 valence electrons. The molecule has 0 radical (unpaired) electrons. The largest absolute Gasteiger partial charge is 0.493 e. The van der Waals surface area contributed by atoms with Gasteiger partial charge in [-0.1, -0.05) is 6.07 Å². The Kier molecular flexibility index (Phi) is 4.71. The predicted molar refractivity (Wildman–Crippen MR) is 93.8 cm³/mol. The number of hydrogen-bond donors (Lipinski definition) is 1. The van der Waals surface area contributed by atoms with E-state index in [9.17, 15) is 4.79 Å². The van der Waals surface area contributed by atoms with Gasteiger partial charge in [-0.05, 0) is 24.7 Å². The molecule has 0 unspecified atom stereocenters. The zero-order valence-corrected chi connectivity index (χ0v) is 14.7. The molecule has 3 rings (SSSR count). The minimum atomic E-state index is -0.174. The minimum Gasteiger partial charge on any atom is -0.493 e. The van der Waals surface area contributed by atoms with Crippen molar-refractivity contribution in [1.29, 1.82) is 0 Å². The maximum Gasteiger partial charge on any atom is 0.262 e. The predicted octanol–water partition coefficient (Wildman–Crippen LogP) is 1.31. The minimum absolute atomic E-state index is 0.174. The van der Waals surface area contributed by atoms with Crippen LogP contribution in [0.3, 0.4) is 0 Å². The number of hydrogen-bond acceptors (Lipinski definition) is 6. The summed E-state index contributed by atoms with van der Waals surface area (Å²) in [5.74, 6) is 1.99. The Morgan fingerprint density at radius 1 is 1.20 bits per heavy atom. The molecule has 2 aromatic heterocycles. The van der Waals surface area contributed by atoms with Crippen molar-refractivity contribution in [3.63, 3.8) is 0 Å². The van der Waals surface area contributed by atoms with Crippen LogP contribution in [0.25, 0.3) is 11.0 Å². The van der Waals surface area contributed by atoms with Crippen LogP contribution in [0.1, 0.15) is 11.4 Å². The van der Waals surface area contributed by atoms with Crippen molar-refractivity contribution in [1.82, 2.24) is 24.6 Å². The Morgan fingerprint density at radius 2 is 1.96 bits per heavy atom. The Bertz CT molecular complexity index is 947. The first-order valence-corrected chi connectivity index (χ1v) is 7.82. The van der Waals surface area contributed by atoms with Crippen molar-refractivity contribution < 1.29 is 9.47 Å². The number of methoxy groups -OCH3 is 2. The normalized spacial score (nSPS) is 11.2. The summed E-state index contributed by atoms with van der Waals surface area (Å²) < 4.78 is 12.2. The highest BCUT2D eigenvalue weighted by molar-refractivity contribution is 5.72. The number of ether oxygens (including phenoxy) is 2. The van der Waals surface area contributed by atoms with Gasteiger partial charge in [-0.25, -0.2) is 4.98 Å². The van der Waals surface area contributed by atoms with Crippen molar-refractivity contribution in [2.24, 2.45) is 7.05 Å². The summed E-state index contributed by atoms with van der Waals surface area (Å²) in [7, 11) is 6.96. The van der Waals surface area contributed by atoms with Gasteiger partial charge < -0.3 is 14.5 Å². The third-order valence-electron chi connectivity index (χ3n) is 3.97. The molecule has 0 fully saturated rings. The number of benzene rings is 1. The second kappa shape index (κ2) is 6.94. The monoisotopic (exact) mass is 343 g/mol. The number of fused-ring (bicyclic) bond motifs is 1. The van der Waals surface area contributed by atoms with Gasteiger partial charge in [0.1, 0.15) is 11.2 Å². The highest BCUT2D eigenvalue weighted by Crippen LogP contribution is 2.28. The van der Waals surface area contributed by atoms with Crippen LogP contribution in [-0.4, -0.2) is 45.9 Å². The molecule has 0 bridgehead atoms. The van der Waals surface area contributed by atoms with Crippen LogP contribution >= 0.6 is 0 Å². The second-order valence-corrected chi connectivity index (χ2v) is 5.88. The Balaban J connectivity index is 1.77. The fourth-order valence-corrected chi connectivity index (χ4v) is 2.76. The molecule has 8 heteroatoms. The molecule has 3 aromatic rings. The first kappa shape index (κ1) is 17.0. The van der Waals surface area contributed by atoms with Gasteiger partial charge in [0.2, 0.25) is 0 Å². The van der Waals surface area contributed by atoms with Gasteiger partial charge in [-0.3, -0.25) is 14.4 Å². The fourth-order valence-electron chi connectivity index (χ4n) is 2.76. The Labute approximate surface area is 145 Å². The molecule has 0 aliphatic rings. The molecular formula is C17H21N5O3. The fraction of sp³-hybridized carbons (Fsp3) is 0.353. The number of nitrogens with zero attached hydrogens (tertiary/aromatic N) is 4.